The quantitative estimate of drug-likeness (QED) is 0.0445. The van der Waals surface area contributed by atoms with E-state index in [0.717, 1.165) is 54.9 Å². The van der Waals surface area contributed by atoms with E-state index in [9.17, 15) is 32.8 Å². The smallest absolute Gasteiger partial charge is 0.258 e. The van der Waals surface area contributed by atoms with Crippen LogP contribution in [0.15, 0.2) is 78.9 Å². The molecule has 4 saturated heterocycles. The first-order valence-electron chi connectivity index (χ1n) is 26.7. The number of carbonyl (C=O) groups excluding carboxylic acids is 5. The summed E-state index contributed by atoms with van der Waals surface area (Å²) in [5.74, 6) is -1.75. The van der Waals surface area contributed by atoms with Gasteiger partial charge in [-0.15, -0.1) is 0 Å². The molecule has 0 bridgehead atoms. The standard InChI is InChI=1S/C56H69F2N11O8/c1-65-18-20-67(21-19-65)45-7-8-46(55(73)62-54-47-35-38(2-9-48(47)63-64-54)32-39-33-40(57)36-41(58)34-39)50(37-45)60-43-12-16-68(17-13-43)52(71)14-26-75-28-30-77-31-29-76-27-15-53(72)69-24-22-66(23-25-69)44-5-3-42(4-6-44)59-49-10-11-51(70)61-56(49)74/h2-9,33-37,43,49,59-60H,10-32H2,1H3,(H,61,70,74)(H2,62,63,64,73). The number of H-pyrrole nitrogens is 1. The van der Waals surface area contributed by atoms with Gasteiger partial charge in [0.1, 0.15) is 17.7 Å². The Morgan fingerprint density at radius 3 is 1.92 bits per heavy atom. The van der Waals surface area contributed by atoms with Crippen molar-refractivity contribution in [3.63, 3.8) is 0 Å². The molecule has 9 rings (SSSR count). The first-order chi connectivity index (χ1) is 37.4. The number of likely N-dealkylation sites (tertiary alicyclic amines) is 1. The molecule has 4 aromatic carbocycles. The lowest BCUT2D eigenvalue weighted by Crippen LogP contribution is -2.49. The topological polar surface area (TPSA) is 206 Å². The number of anilines is 5. The van der Waals surface area contributed by atoms with Crippen molar-refractivity contribution < 1.29 is 47.0 Å². The number of piperidine rings is 2. The Labute approximate surface area is 446 Å². The second kappa shape index (κ2) is 26.2. The molecule has 410 valence electrons. The highest BCUT2D eigenvalue weighted by Gasteiger charge is 2.28. The number of rotatable bonds is 22. The Balaban J connectivity index is 0.648. The summed E-state index contributed by atoms with van der Waals surface area (Å²) in [6, 6.07) is 22.3. The van der Waals surface area contributed by atoms with Gasteiger partial charge in [-0.05, 0) is 111 Å². The van der Waals surface area contributed by atoms with Gasteiger partial charge in [-0.25, -0.2) is 8.78 Å². The molecule has 5 aromatic rings. The highest BCUT2D eigenvalue weighted by atomic mass is 19.1. The summed E-state index contributed by atoms with van der Waals surface area (Å²) in [7, 11) is 2.11. The van der Waals surface area contributed by atoms with Gasteiger partial charge in [0, 0.05) is 112 Å². The largest absolute Gasteiger partial charge is 0.381 e. The summed E-state index contributed by atoms with van der Waals surface area (Å²) in [6.45, 7) is 9.35. The SMILES string of the molecule is CN1CCN(c2ccc(C(=O)Nc3n[nH]c4ccc(Cc5cc(F)cc(F)c5)cc34)c(NC3CCN(C(=O)CCOCCOCCOCCC(=O)N4CCN(c5ccc(NC6CCC(=O)NC6=O)cc5)CC4)CC3)c2)CC1. The number of nitrogens with zero attached hydrogens (tertiary/aromatic N) is 6. The van der Waals surface area contributed by atoms with Crippen LogP contribution < -0.4 is 31.1 Å². The van der Waals surface area contributed by atoms with Gasteiger partial charge in [-0.3, -0.25) is 34.4 Å². The predicted octanol–water partition coefficient (Wildman–Crippen LogP) is 5.23. The van der Waals surface area contributed by atoms with Crippen LogP contribution in [-0.2, 0) is 39.8 Å². The number of hydrogen-bond donors (Lipinski definition) is 5. The molecule has 4 aliphatic rings. The zero-order valence-corrected chi connectivity index (χ0v) is 43.6. The summed E-state index contributed by atoms with van der Waals surface area (Å²) < 4.78 is 44.9. The second-order valence-corrected chi connectivity index (χ2v) is 20.1. The molecule has 0 spiro atoms. The molecular weight excluding hydrogens is 993 g/mol. The van der Waals surface area contributed by atoms with Gasteiger partial charge in [0.25, 0.3) is 5.91 Å². The summed E-state index contributed by atoms with van der Waals surface area (Å²) >= 11 is 0. The Bertz CT molecular complexity index is 2830. The lowest BCUT2D eigenvalue weighted by atomic mass is 10.0. The molecule has 1 aromatic heterocycles. The molecule has 5 N–H and O–H groups in total. The molecule has 4 fully saturated rings. The minimum atomic E-state index is -0.640. The first kappa shape index (κ1) is 54.6. The van der Waals surface area contributed by atoms with Crippen molar-refractivity contribution in [1.29, 1.82) is 0 Å². The van der Waals surface area contributed by atoms with Crippen molar-refractivity contribution >= 4 is 69.0 Å². The average Bonchev–Trinajstić information content (AvgIpc) is 3.84. The number of carbonyl (C=O) groups is 5. The number of likely N-dealkylation sites (N-methyl/N-ethyl adjacent to an activating group) is 1. The summed E-state index contributed by atoms with van der Waals surface area (Å²) in [6.07, 6.45) is 3.02. The number of aromatic nitrogens is 2. The zero-order valence-electron chi connectivity index (χ0n) is 43.6. The van der Waals surface area contributed by atoms with Crippen LogP contribution in [0.4, 0.5) is 37.3 Å². The summed E-state index contributed by atoms with van der Waals surface area (Å²) in [5.41, 5.74) is 6.02. The lowest BCUT2D eigenvalue weighted by Gasteiger charge is -2.36. The monoisotopic (exact) mass is 1060 g/mol. The van der Waals surface area contributed by atoms with E-state index >= 15 is 0 Å². The molecule has 21 heteroatoms. The Morgan fingerprint density at radius 2 is 1.26 bits per heavy atom. The number of fused-ring (bicyclic) bond motifs is 1. The Kier molecular flexibility index (Phi) is 18.6. The van der Waals surface area contributed by atoms with Crippen LogP contribution >= 0.6 is 0 Å². The number of amides is 5. The number of halogens is 2. The Morgan fingerprint density at radius 1 is 0.649 bits per heavy atom. The number of nitrogens with one attached hydrogen (secondary N) is 5. The van der Waals surface area contributed by atoms with Gasteiger partial charge in [-0.1, -0.05) is 6.07 Å². The van der Waals surface area contributed by atoms with Gasteiger partial charge >= 0.3 is 0 Å². The van der Waals surface area contributed by atoms with Crippen molar-refractivity contribution in [3.8, 4) is 0 Å². The fourth-order valence-corrected chi connectivity index (χ4v) is 10.2. The van der Waals surface area contributed by atoms with E-state index in [1.807, 2.05) is 70.5 Å². The van der Waals surface area contributed by atoms with Gasteiger partial charge in [0.15, 0.2) is 5.82 Å². The number of imide groups is 1. The van der Waals surface area contributed by atoms with E-state index in [0.29, 0.717) is 144 Å². The second-order valence-electron chi connectivity index (χ2n) is 20.1. The van der Waals surface area contributed by atoms with Crippen molar-refractivity contribution in [2.24, 2.45) is 0 Å². The summed E-state index contributed by atoms with van der Waals surface area (Å²) in [5, 5.41) is 20.3. The van der Waals surface area contributed by atoms with E-state index in [4.69, 9.17) is 14.2 Å². The van der Waals surface area contributed by atoms with Crippen molar-refractivity contribution in [2.45, 2.75) is 57.0 Å². The molecule has 1 atom stereocenters. The average molecular weight is 1060 g/mol. The zero-order chi connectivity index (χ0) is 53.7. The first-order valence-corrected chi connectivity index (χ1v) is 26.7. The predicted molar refractivity (Wildman–Crippen MR) is 289 cm³/mol. The third kappa shape index (κ3) is 15.1. The third-order valence-corrected chi connectivity index (χ3v) is 14.6. The van der Waals surface area contributed by atoms with Gasteiger partial charge in [-0.2, -0.15) is 5.10 Å². The van der Waals surface area contributed by atoms with Gasteiger partial charge in [0.2, 0.25) is 23.6 Å². The fourth-order valence-electron chi connectivity index (χ4n) is 10.2. The maximum Gasteiger partial charge on any atom is 0.258 e. The molecule has 0 saturated carbocycles. The molecule has 77 heavy (non-hydrogen) atoms. The fraction of sp³-hybridized carbons (Fsp3) is 0.464. The number of piperazine rings is 2. The molecule has 0 radical (unpaired) electrons. The Hall–Kier alpha value is -7.20. The van der Waals surface area contributed by atoms with E-state index in [1.165, 1.54) is 12.1 Å². The van der Waals surface area contributed by atoms with Crippen LogP contribution in [-0.4, -0.2) is 179 Å². The molecule has 0 aliphatic carbocycles. The van der Waals surface area contributed by atoms with Crippen LogP contribution in [0.3, 0.4) is 0 Å². The van der Waals surface area contributed by atoms with Gasteiger partial charge < -0.3 is 54.7 Å². The number of benzene rings is 4. The van der Waals surface area contributed by atoms with Crippen LogP contribution in [0.1, 0.15) is 60.0 Å². The van der Waals surface area contributed by atoms with Crippen molar-refractivity contribution in [1.82, 2.24) is 30.2 Å². The minimum Gasteiger partial charge on any atom is -0.381 e. The van der Waals surface area contributed by atoms with Crippen molar-refractivity contribution in [2.75, 3.05) is 138 Å². The third-order valence-electron chi connectivity index (χ3n) is 14.6. The van der Waals surface area contributed by atoms with Crippen LogP contribution in [0.2, 0.25) is 0 Å². The highest BCUT2D eigenvalue weighted by molar-refractivity contribution is 6.11. The maximum atomic E-state index is 14.1. The number of aromatic amines is 1. The number of ether oxygens (including phenoxy) is 3. The van der Waals surface area contributed by atoms with Gasteiger partial charge in [0.05, 0.1) is 63.6 Å². The van der Waals surface area contributed by atoms with E-state index in [-0.39, 0.29) is 48.6 Å². The lowest BCUT2D eigenvalue weighted by molar-refractivity contribution is -0.134. The summed E-state index contributed by atoms with van der Waals surface area (Å²) in [4.78, 5) is 74.3. The molecule has 1 unspecified atom stereocenters. The molecule has 5 heterocycles. The molecule has 19 nitrogen and oxygen atoms in total. The minimum absolute atomic E-state index is 0.0197. The normalized spacial score (nSPS) is 17.7. The van der Waals surface area contributed by atoms with Crippen LogP contribution in [0, 0.1) is 11.6 Å². The van der Waals surface area contributed by atoms with E-state index < -0.39 is 17.7 Å². The number of hydrogen-bond acceptors (Lipinski definition) is 14. The molecular formula is C56H69F2N11O8. The maximum absolute atomic E-state index is 14.1. The van der Waals surface area contributed by atoms with E-state index in [2.05, 4.69) is 53.2 Å². The molecule has 4 aliphatic heterocycles. The van der Waals surface area contributed by atoms with E-state index in [1.54, 1.807) is 0 Å². The highest BCUT2D eigenvalue weighted by Crippen LogP contribution is 2.30. The van der Waals surface area contributed by atoms with Crippen molar-refractivity contribution in [3.05, 3.63) is 107 Å². The van der Waals surface area contributed by atoms with Crippen LogP contribution in [0.5, 0.6) is 0 Å². The molecule has 5 amide bonds. The van der Waals surface area contributed by atoms with Crippen LogP contribution in [0.25, 0.3) is 10.9 Å².